The second-order valence-corrected chi connectivity index (χ2v) is 21.7. The highest BCUT2D eigenvalue weighted by atomic mass is 35.5. The van der Waals surface area contributed by atoms with Crippen molar-refractivity contribution in [3.05, 3.63) is 163 Å². The van der Waals surface area contributed by atoms with E-state index in [4.69, 9.17) is 21.1 Å². The highest BCUT2D eigenvalue weighted by molar-refractivity contribution is 7.95. The molecule has 4 aromatic carbocycles. The maximum Gasteiger partial charge on any atom is 0.280 e. The van der Waals surface area contributed by atoms with Crippen molar-refractivity contribution in [2.24, 2.45) is 0 Å². The molecule has 21 heteroatoms. The molecule has 0 spiro atoms. The van der Waals surface area contributed by atoms with Gasteiger partial charge >= 0.3 is 0 Å². The number of nitrogens with zero attached hydrogens (tertiary/aromatic N) is 2. The molecule has 2 heterocycles. The zero-order chi connectivity index (χ0) is 47.6. The third-order valence-corrected chi connectivity index (χ3v) is 16.7. The number of hydrogen-bond donors (Lipinski definition) is 2. The molecule has 0 aliphatic heterocycles. The van der Waals surface area contributed by atoms with Crippen LogP contribution in [0.3, 0.4) is 0 Å². The SMILES string of the molecule is O=C(Nc1ncc(F)s1)C(Oc1ccc(Cl)cc1)(c1ccc(S(=O)(=O)C2=CCCCC2)cc1)C(Oc1ccc(F)cc1F)(C(=O)Nc1ncc(F)s1)c1ccc(S(=O)(=O)C2=CCCCC2)cc1. The minimum atomic E-state index is -4.14. The Bertz CT molecular complexity index is 3130. The first-order chi connectivity index (χ1) is 32.0. The summed E-state index contributed by atoms with van der Waals surface area (Å²) in [5, 5.41) is 2.59. The van der Waals surface area contributed by atoms with E-state index in [0.29, 0.717) is 54.4 Å². The maximum absolute atomic E-state index is 16.3. The van der Waals surface area contributed by atoms with Crippen molar-refractivity contribution in [1.82, 2.24) is 9.97 Å². The Labute approximate surface area is 395 Å². The van der Waals surface area contributed by atoms with Crippen LogP contribution in [-0.4, -0.2) is 38.6 Å². The number of carbonyl (C=O) groups is 2. The zero-order valence-corrected chi connectivity index (χ0v) is 38.8. The molecular weight excluding hydrogens is 976 g/mol. The summed E-state index contributed by atoms with van der Waals surface area (Å²) in [5.41, 5.74) is -7.23. The third-order valence-electron chi connectivity index (χ3n) is 11.1. The van der Waals surface area contributed by atoms with Crippen molar-refractivity contribution in [3.63, 3.8) is 0 Å². The van der Waals surface area contributed by atoms with Crippen LogP contribution in [0.5, 0.6) is 11.5 Å². The molecule has 8 rings (SSSR count). The summed E-state index contributed by atoms with van der Waals surface area (Å²) >= 11 is 7.00. The van der Waals surface area contributed by atoms with Crippen molar-refractivity contribution in [2.45, 2.75) is 72.4 Å². The van der Waals surface area contributed by atoms with Crippen LogP contribution in [0.25, 0.3) is 0 Å². The molecule has 348 valence electrons. The van der Waals surface area contributed by atoms with Crippen LogP contribution in [0, 0.1) is 21.9 Å². The number of anilines is 2. The summed E-state index contributed by atoms with van der Waals surface area (Å²) in [5.74, 6) is -6.37. The number of hydrogen-bond acceptors (Lipinski definition) is 12. The minimum absolute atomic E-state index is 0.153. The van der Waals surface area contributed by atoms with Crippen molar-refractivity contribution in [2.75, 3.05) is 10.6 Å². The van der Waals surface area contributed by atoms with Crippen LogP contribution in [0.4, 0.5) is 27.8 Å². The zero-order valence-electron chi connectivity index (χ0n) is 34.8. The van der Waals surface area contributed by atoms with Crippen LogP contribution in [0.2, 0.25) is 5.02 Å². The lowest BCUT2D eigenvalue weighted by Gasteiger charge is -2.47. The van der Waals surface area contributed by atoms with E-state index in [9.17, 15) is 30.0 Å². The van der Waals surface area contributed by atoms with Gasteiger partial charge < -0.3 is 9.47 Å². The van der Waals surface area contributed by atoms with Crippen LogP contribution >= 0.6 is 34.3 Å². The summed E-state index contributed by atoms with van der Waals surface area (Å²) in [6.07, 6.45) is 9.19. The summed E-state index contributed by atoms with van der Waals surface area (Å²) in [6.45, 7) is 0. The van der Waals surface area contributed by atoms with Gasteiger partial charge in [-0.2, -0.15) is 8.78 Å². The number of carbonyl (C=O) groups excluding carboxylic acids is 2. The van der Waals surface area contributed by atoms with E-state index < -0.39 is 81.0 Å². The molecule has 0 bridgehead atoms. The number of amides is 2. The summed E-state index contributed by atoms with van der Waals surface area (Å²) in [6, 6.07) is 16.5. The standard InChI is InChI=1S/C46H37ClF4N4O8S4/c47-30-15-18-32(19-16-30)62-45(41(56)54-43-52-26-39(50)64-43,28-11-20-35(21-12-28)66(58,59)33-7-3-1-4-8-33)46(42(57)55-44-53-27-40(51)65-44,63-38-24-17-31(48)25-37(38)49)29-13-22-36(23-14-29)67(60,61)34-9-5-2-6-10-34/h7,9,11-27H,1-6,8,10H2,(H,52,54,56)(H,53,55,57). The summed E-state index contributed by atoms with van der Waals surface area (Å²) in [4.78, 5) is 39.4. The van der Waals surface area contributed by atoms with Crippen LogP contribution in [0.15, 0.2) is 135 Å². The molecule has 0 saturated carbocycles. The van der Waals surface area contributed by atoms with Gasteiger partial charge in [0.1, 0.15) is 11.6 Å². The number of rotatable bonds is 15. The molecule has 2 aliphatic carbocycles. The van der Waals surface area contributed by atoms with E-state index in [1.54, 1.807) is 12.2 Å². The normalized spacial score (nSPS) is 16.1. The van der Waals surface area contributed by atoms with Gasteiger partial charge in [0.15, 0.2) is 32.1 Å². The van der Waals surface area contributed by atoms with Gasteiger partial charge in [-0.3, -0.25) is 20.2 Å². The number of benzene rings is 4. The highest BCUT2D eigenvalue weighted by Crippen LogP contribution is 2.51. The predicted octanol–water partition coefficient (Wildman–Crippen LogP) is 10.8. The van der Waals surface area contributed by atoms with Crippen LogP contribution in [0.1, 0.15) is 62.5 Å². The van der Waals surface area contributed by atoms with E-state index in [2.05, 4.69) is 20.6 Å². The number of ether oxygens (including phenoxy) is 2. The van der Waals surface area contributed by atoms with Gasteiger partial charge in [0.2, 0.25) is 19.7 Å². The predicted molar refractivity (Wildman–Crippen MR) is 244 cm³/mol. The largest absolute Gasteiger partial charge is 0.467 e. The van der Waals surface area contributed by atoms with Gasteiger partial charge in [-0.05, 0) is 112 Å². The second kappa shape index (κ2) is 19.4. The van der Waals surface area contributed by atoms with E-state index in [0.717, 1.165) is 85.9 Å². The molecule has 6 aromatic rings. The van der Waals surface area contributed by atoms with E-state index in [-0.39, 0.29) is 53.9 Å². The fraction of sp³-hybridized carbons (Fsp3) is 0.217. The molecular formula is C46H37ClF4N4O8S4. The lowest BCUT2D eigenvalue weighted by Crippen LogP contribution is -2.67. The fourth-order valence-corrected chi connectivity index (χ4v) is 12.2. The number of halogens is 5. The number of allylic oxidation sites excluding steroid dienone is 4. The average molecular weight is 1010 g/mol. The number of aromatic nitrogens is 2. The van der Waals surface area contributed by atoms with Gasteiger partial charge in [0, 0.05) is 32.0 Å². The Morgan fingerprint density at radius 2 is 1.07 bits per heavy atom. The third kappa shape index (κ3) is 9.49. The molecule has 2 aliphatic rings. The average Bonchev–Trinajstić information content (AvgIpc) is 3.95. The van der Waals surface area contributed by atoms with Crippen LogP contribution < -0.4 is 20.1 Å². The van der Waals surface area contributed by atoms with E-state index in [1.165, 1.54) is 24.3 Å². The highest BCUT2D eigenvalue weighted by Gasteiger charge is 2.69. The van der Waals surface area contributed by atoms with Gasteiger partial charge in [-0.15, -0.1) is 0 Å². The molecule has 0 radical (unpaired) electrons. The van der Waals surface area contributed by atoms with Crippen molar-refractivity contribution in [3.8, 4) is 11.5 Å². The van der Waals surface area contributed by atoms with Gasteiger partial charge in [0.05, 0.1) is 22.2 Å². The Kier molecular flexibility index (Phi) is 13.7. The fourth-order valence-electron chi connectivity index (χ4n) is 7.89. The molecule has 12 nitrogen and oxygen atoms in total. The number of sulfone groups is 2. The molecule has 2 N–H and O–H groups in total. The van der Waals surface area contributed by atoms with Gasteiger partial charge in [0.25, 0.3) is 23.0 Å². The van der Waals surface area contributed by atoms with Crippen molar-refractivity contribution < 1.29 is 53.5 Å². The summed E-state index contributed by atoms with van der Waals surface area (Å²) < 4.78 is 130. The molecule has 2 atom stereocenters. The van der Waals surface area contributed by atoms with E-state index >= 15 is 14.0 Å². The molecule has 2 aromatic heterocycles. The summed E-state index contributed by atoms with van der Waals surface area (Å²) in [7, 11) is -8.27. The van der Waals surface area contributed by atoms with E-state index in [1.807, 2.05) is 0 Å². The van der Waals surface area contributed by atoms with Crippen molar-refractivity contribution in [1.29, 1.82) is 0 Å². The first kappa shape index (κ1) is 47.6. The molecule has 67 heavy (non-hydrogen) atoms. The number of thiazole rings is 2. The number of nitrogens with one attached hydrogen (secondary N) is 2. The first-order valence-electron chi connectivity index (χ1n) is 20.6. The topological polar surface area (TPSA) is 171 Å². The Hall–Kier alpha value is -5.93. The Balaban J connectivity index is 1.48. The Morgan fingerprint density at radius 1 is 0.612 bits per heavy atom. The first-order valence-corrected chi connectivity index (χ1v) is 25.5. The molecule has 2 unspecified atom stereocenters. The second-order valence-electron chi connectivity index (χ2n) is 15.3. The molecule has 0 fully saturated rings. The lowest BCUT2D eigenvalue weighted by molar-refractivity contribution is -0.173. The van der Waals surface area contributed by atoms with Gasteiger partial charge in [-0.1, -0.05) is 70.7 Å². The maximum atomic E-state index is 16.3. The quantitative estimate of drug-likeness (QED) is 0.0944. The molecule has 2 amide bonds. The monoisotopic (exact) mass is 1010 g/mol. The van der Waals surface area contributed by atoms with Crippen LogP contribution in [-0.2, 0) is 40.5 Å². The molecule has 0 saturated heterocycles. The van der Waals surface area contributed by atoms with Crippen molar-refractivity contribution >= 4 is 76.0 Å². The minimum Gasteiger partial charge on any atom is -0.467 e. The smallest absolute Gasteiger partial charge is 0.280 e. The Morgan fingerprint density at radius 3 is 1.48 bits per heavy atom. The lowest BCUT2D eigenvalue weighted by atomic mass is 9.71. The van der Waals surface area contributed by atoms with Gasteiger partial charge in [-0.25, -0.2) is 35.6 Å².